The van der Waals surface area contributed by atoms with Crippen molar-refractivity contribution < 1.29 is 19.7 Å². The van der Waals surface area contributed by atoms with E-state index in [0.717, 1.165) is 0 Å². The molecule has 0 saturated heterocycles. The number of hydrogen-bond donors (Lipinski definition) is 2. The minimum Gasteiger partial charge on any atom is -0.461 e. The van der Waals surface area contributed by atoms with Crippen molar-refractivity contribution in [2.24, 2.45) is 0 Å². The normalized spacial score (nSPS) is 9.00. The van der Waals surface area contributed by atoms with Crippen LogP contribution in [0, 0.1) is 0 Å². The Morgan fingerprint density at radius 1 is 1.38 bits per heavy atom. The topological polar surface area (TPSA) is 79.7 Å². The van der Waals surface area contributed by atoms with Crippen molar-refractivity contribution in [2.45, 2.75) is 20.5 Å². The zero-order valence-corrected chi connectivity index (χ0v) is 9.51. The molecule has 0 saturated carbocycles. The third-order valence-electron chi connectivity index (χ3n) is 1.49. The number of hydrogen-bond acceptors (Lipinski definition) is 5. The molecule has 0 bridgehead atoms. The van der Waals surface area contributed by atoms with E-state index in [0.29, 0.717) is 12.2 Å². The van der Waals surface area contributed by atoms with E-state index < -0.39 is 5.97 Å². The summed E-state index contributed by atoms with van der Waals surface area (Å²) >= 11 is 0. The minimum absolute atomic E-state index is 0.0733. The summed E-state index contributed by atoms with van der Waals surface area (Å²) in [6, 6.07) is 3.17. The number of aliphatic hydroxyl groups excluding tert-OH is 2. The summed E-state index contributed by atoms with van der Waals surface area (Å²) in [6.45, 7) is 3.93. The first-order chi connectivity index (χ1) is 7.69. The van der Waals surface area contributed by atoms with E-state index in [-0.39, 0.29) is 18.9 Å². The minimum atomic E-state index is -0.438. The van der Waals surface area contributed by atoms with Crippen LogP contribution in [0.2, 0.25) is 0 Å². The van der Waals surface area contributed by atoms with Crippen molar-refractivity contribution in [3.63, 3.8) is 0 Å². The van der Waals surface area contributed by atoms with E-state index in [1.54, 1.807) is 19.9 Å². The van der Waals surface area contributed by atoms with Crippen LogP contribution in [0.15, 0.2) is 18.3 Å². The molecule has 5 nitrogen and oxygen atoms in total. The molecule has 1 aromatic rings. The lowest BCUT2D eigenvalue weighted by Gasteiger charge is -2.00. The first-order valence-corrected chi connectivity index (χ1v) is 5.03. The van der Waals surface area contributed by atoms with Crippen LogP contribution in [0.1, 0.15) is 29.9 Å². The van der Waals surface area contributed by atoms with Gasteiger partial charge in [0.05, 0.1) is 13.2 Å². The van der Waals surface area contributed by atoms with Gasteiger partial charge >= 0.3 is 5.97 Å². The molecule has 5 heteroatoms. The monoisotopic (exact) mass is 227 g/mol. The molecule has 0 atom stereocenters. The van der Waals surface area contributed by atoms with Crippen molar-refractivity contribution in [1.29, 1.82) is 0 Å². The van der Waals surface area contributed by atoms with Gasteiger partial charge in [-0.05, 0) is 25.5 Å². The Balaban J connectivity index is 0.000000673. The number of aliphatic hydroxyl groups is 2. The molecule has 90 valence electrons. The lowest BCUT2D eigenvalue weighted by Crippen LogP contribution is -2.06. The van der Waals surface area contributed by atoms with Crippen molar-refractivity contribution in [3.8, 4) is 0 Å². The third-order valence-corrected chi connectivity index (χ3v) is 1.49. The molecule has 0 aromatic carbocycles. The van der Waals surface area contributed by atoms with Gasteiger partial charge in [-0.25, -0.2) is 9.78 Å². The molecule has 0 fully saturated rings. The van der Waals surface area contributed by atoms with E-state index in [4.69, 9.17) is 14.9 Å². The Hall–Kier alpha value is -1.46. The van der Waals surface area contributed by atoms with Gasteiger partial charge in [-0.15, -0.1) is 0 Å². The summed E-state index contributed by atoms with van der Waals surface area (Å²) in [5, 5.41) is 16.3. The molecule has 0 unspecified atom stereocenters. The van der Waals surface area contributed by atoms with Gasteiger partial charge in [-0.3, -0.25) is 0 Å². The highest BCUT2D eigenvalue weighted by molar-refractivity contribution is 5.87. The first kappa shape index (κ1) is 14.5. The van der Waals surface area contributed by atoms with Gasteiger partial charge in [0.15, 0.2) is 0 Å². The maximum absolute atomic E-state index is 11.1. The molecule has 0 aliphatic rings. The molecule has 0 aliphatic carbocycles. The highest BCUT2D eigenvalue weighted by Crippen LogP contribution is 2.01. The standard InChI is InChI=1S/C9H11NO3.C2H6O/c1-2-13-9(12)8-4-3-7(6-11)5-10-8;1-2-3/h3-5,11H,2,6H2,1H3;3H,2H2,1H3. The van der Waals surface area contributed by atoms with Crippen LogP contribution in [-0.2, 0) is 11.3 Å². The van der Waals surface area contributed by atoms with Crippen molar-refractivity contribution in [2.75, 3.05) is 13.2 Å². The first-order valence-electron chi connectivity index (χ1n) is 5.03. The van der Waals surface area contributed by atoms with E-state index in [1.807, 2.05) is 0 Å². The van der Waals surface area contributed by atoms with E-state index in [2.05, 4.69) is 4.98 Å². The number of esters is 1. The predicted octanol–water partition coefficient (Wildman–Crippen LogP) is 0.749. The molecule has 0 aliphatic heterocycles. The Labute approximate surface area is 94.7 Å². The highest BCUT2D eigenvalue weighted by Gasteiger charge is 2.06. The van der Waals surface area contributed by atoms with Crippen LogP contribution in [0.5, 0.6) is 0 Å². The number of carbonyl (C=O) groups is 1. The summed E-state index contributed by atoms with van der Waals surface area (Å²) in [4.78, 5) is 14.9. The molecule has 2 N–H and O–H groups in total. The smallest absolute Gasteiger partial charge is 0.356 e. The number of ether oxygens (including phenoxy) is 1. The quantitative estimate of drug-likeness (QED) is 0.745. The van der Waals surface area contributed by atoms with Crippen LogP contribution >= 0.6 is 0 Å². The van der Waals surface area contributed by atoms with Gasteiger partial charge in [-0.2, -0.15) is 0 Å². The van der Waals surface area contributed by atoms with Crippen LogP contribution < -0.4 is 0 Å². The van der Waals surface area contributed by atoms with Gasteiger partial charge < -0.3 is 14.9 Å². The zero-order valence-electron chi connectivity index (χ0n) is 9.51. The highest BCUT2D eigenvalue weighted by atomic mass is 16.5. The summed E-state index contributed by atoms with van der Waals surface area (Å²) in [5.41, 5.74) is 0.937. The van der Waals surface area contributed by atoms with Gasteiger partial charge in [0.2, 0.25) is 0 Å². The molecule has 1 aromatic heterocycles. The molecule has 0 radical (unpaired) electrons. The van der Waals surface area contributed by atoms with E-state index >= 15 is 0 Å². The number of pyridine rings is 1. The van der Waals surface area contributed by atoms with Crippen molar-refractivity contribution in [1.82, 2.24) is 4.98 Å². The molecular formula is C11H17NO4. The molecule has 1 heterocycles. The summed E-state index contributed by atoms with van der Waals surface area (Å²) in [5.74, 6) is -0.438. The third kappa shape index (κ3) is 5.43. The average Bonchev–Trinajstić information content (AvgIpc) is 2.30. The number of nitrogens with zero attached hydrogens (tertiary/aromatic N) is 1. The second kappa shape index (κ2) is 8.82. The lowest BCUT2D eigenvalue weighted by molar-refractivity contribution is 0.0519. The number of aromatic nitrogens is 1. The Morgan fingerprint density at radius 2 is 2.00 bits per heavy atom. The van der Waals surface area contributed by atoms with Gasteiger partial charge in [0.25, 0.3) is 0 Å². The molecule has 0 spiro atoms. The summed E-state index contributed by atoms with van der Waals surface area (Å²) < 4.78 is 4.74. The lowest BCUT2D eigenvalue weighted by atomic mass is 10.2. The van der Waals surface area contributed by atoms with Gasteiger partial charge in [0, 0.05) is 12.8 Å². The zero-order chi connectivity index (χ0) is 12.4. The molecule has 1 rings (SSSR count). The Morgan fingerprint density at radius 3 is 2.38 bits per heavy atom. The second-order valence-electron chi connectivity index (χ2n) is 2.75. The number of rotatable bonds is 3. The van der Waals surface area contributed by atoms with Crippen molar-refractivity contribution >= 4 is 5.97 Å². The van der Waals surface area contributed by atoms with E-state index in [1.165, 1.54) is 12.3 Å². The van der Waals surface area contributed by atoms with E-state index in [9.17, 15) is 4.79 Å². The maximum atomic E-state index is 11.1. The van der Waals surface area contributed by atoms with Crippen LogP contribution in [0.4, 0.5) is 0 Å². The summed E-state index contributed by atoms with van der Waals surface area (Å²) in [7, 11) is 0. The fraction of sp³-hybridized carbons (Fsp3) is 0.455. The molecular weight excluding hydrogens is 210 g/mol. The Kier molecular flexibility index (Phi) is 8.01. The average molecular weight is 227 g/mol. The summed E-state index contributed by atoms with van der Waals surface area (Å²) in [6.07, 6.45) is 1.45. The maximum Gasteiger partial charge on any atom is 0.356 e. The second-order valence-corrected chi connectivity index (χ2v) is 2.75. The predicted molar refractivity (Wildman–Crippen MR) is 58.9 cm³/mol. The largest absolute Gasteiger partial charge is 0.461 e. The molecule has 0 amide bonds. The fourth-order valence-corrected chi connectivity index (χ4v) is 0.844. The molecule has 16 heavy (non-hydrogen) atoms. The van der Waals surface area contributed by atoms with Crippen molar-refractivity contribution in [3.05, 3.63) is 29.6 Å². The van der Waals surface area contributed by atoms with Crippen LogP contribution in [-0.4, -0.2) is 34.4 Å². The fourth-order valence-electron chi connectivity index (χ4n) is 0.844. The number of carbonyl (C=O) groups excluding carboxylic acids is 1. The Bertz CT molecular complexity index is 297. The van der Waals surface area contributed by atoms with Crippen LogP contribution in [0.25, 0.3) is 0 Å². The SMILES string of the molecule is CCO.CCOC(=O)c1ccc(CO)cn1. The van der Waals surface area contributed by atoms with Gasteiger partial charge in [0.1, 0.15) is 5.69 Å². The van der Waals surface area contributed by atoms with Gasteiger partial charge in [-0.1, -0.05) is 6.07 Å². The van der Waals surface area contributed by atoms with Crippen LogP contribution in [0.3, 0.4) is 0 Å².